The van der Waals surface area contributed by atoms with E-state index in [1.807, 2.05) is 0 Å². The molecule has 0 heterocycles. The molecule has 0 aromatic rings. The molecular formula is C22H48N+. The minimum absolute atomic E-state index is 1.12. The van der Waals surface area contributed by atoms with Gasteiger partial charge >= 0.3 is 0 Å². The van der Waals surface area contributed by atoms with Crippen molar-refractivity contribution in [2.75, 3.05) is 27.7 Å². The molecule has 0 aliphatic carbocycles. The summed E-state index contributed by atoms with van der Waals surface area (Å²) in [6, 6.07) is 0. The lowest BCUT2D eigenvalue weighted by atomic mass is 10.0. The van der Waals surface area contributed by atoms with Crippen LogP contribution in [0.25, 0.3) is 0 Å². The van der Waals surface area contributed by atoms with Gasteiger partial charge in [-0.25, -0.2) is 0 Å². The van der Waals surface area contributed by atoms with Crippen molar-refractivity contribution >= 4 is 0 Å². The van der Waals surface area contributed by atoms with E-state index in [1.165, 1.54) is 116 Å². The smallest absolute Gasteiger partial charge is 0.0780 e. The highest BCUT2D eigenvalue weighted by molar-refractivity contribution is 4.50. The second kappa shape index (κ2) is 16.8. The minimum atomic E-state index is 1.12. The molecule has 0 unspecified atom stereocenters. The molecule has 1 heteroatoms. The zero-order valence-electron chi connectivity index (χ0n) is 17.2. The van der Waals surface area contributed by atoms with E-state index in [4.69, 9.17) is 0 Å². The third-order valence-electron chi connectivity index (χ3n) is 4.93. The molecule has 0 aromatic carbocycles. The van der Waals surface area contributed by atoms with E-state index < -0.39 is 0 Å². The van der Waals surface area contributed by atoms with Gasteiger partial charge in [0.15, 0.2) is 0 Å². The van der Waals surface area contributed by atoms with Crippen molar-refractivity contribution < 1.29 is 4.48 Å². The van der Waals surface area contributed by atoms with Crippen molar-refractivity contribution in [3.63, 3.8) is 0 Å². The van der Waals surface area contributed by atoms with Crippen LogP contribution in [0.2, 0.25) is 0 Å². The van der Waals surface area contributed by atoms with E-state index in [0.29, 0.717) is 0 Å². The summed E-state index contributed by atoms with van der Waals surface area (Å²) in [4.78, 5) is 0. The Morgan fingerprint density at radius 1 is 0.391 bits per heavy atom. The second-order valence-corrected chi connectivity index (χ2v) is 8.67. The van der Waals surface area contributed by atoms with Crippen molar-refractivity contribution in [2.45, 2.75) is 116 Å². The van der Waals surface area contributed by atoms with Crippen LogP contribution in [0.3, 0.4) is 0 Å². The molecule has 0 rings (SSSR count). The fraction of sp³-hybridized carbons (Fsp3) is 1.00. The lowest BCUT2D eigenvalue weighted by Gasteiger charge is -2.23. The van der Waals surface area contributed by atoms with Crippen LogP contribution in [0, 0.1) is 0 Å². The average Bonchev–Trinajstić information content (AvgIpc) is 2.49. The molecular weight excluding hydrogens is 278 g/mol. The highest BCUT2D eigenvalue weighted by Gasteiger charge is 2.04. The van der Waals surface area contributed by atoms with Gasteiger partial charge in [-0.2, -0.15) is 0 Å². The SMILES string of the molecule is CCCCCCCCCCCCCCCCCCC[N+](C)(C)C. The lowest BCUT2D eigenvalue weighted by Crippen LogP contribution is -2.35. The van der Waals surface area contributed by atoms with E-state index in [1.54, 1.807) is 0 Å². The monoisotopic (exact) mass is 326 g/mol. The van der Waals surface area contributed by atoms with Gasteiger partial charge in [0.2, 0.25) is 0 Å². The van der Waals surface area contributed by atoms with Gasteiger partial charge in [0.1, 0.15) is 0 Å². The van der Waals surface area contributed by atoms with Gasteiger partial charge in [0.25, 0.3) is 0 Å². The first-order valence-corrected chi connectivity index (χ1v) is 10.9. The molecule has 0 aliphatic rings. The Morgan fingerprint density at radius 3 is 0.913 bits per heavy atom. The Balaban J connectivity index is 3.00. The second-order valence-electron chi connectivity index (χ2n) is 8.67. The van der Waals surface area contributed by atoms with Gasteiger partial charge in [-0.05, 0) is 12.8 Å². The first kappa shape index (κ1) is 23.0. The van der Waals surface area contributed by atoms with E-state index in [0.717, 1.165) is 4.48 Å². The molecule has 0 radical (unpaired) electrons. The van der Waals surface area contributed by atoms with Gasteiger partial charge in [-0.1, -0.05) is 103 Å². The standard InChI is InChI=1S/C22H48N/c1-5-6-7-8-9-10-11-12-13-14-15-16-17-18-19-20-21-22-23(2,3)4/h5-22H2,1-4H3/q+1. The Labute approximate surface area is 148 Å². The molecule has 0 saturated heterocycles. The third-order valence-corrected chi connectivity index (χ3v) is 4.93. The molecule has 0 aromatic heterocycles. The summed E-state index contributed by atoms with van der Waals surface area (Å²) < 4.78 is 1.12. The highest BCUT2D eigenvalue weighted by Crippen LogP contribution is 2.14. The van der Waals surface area contributed by atoms with Gasteiger partial charge in [-0.15, -0.1) is 0 Å². The molecule has 0 saturated carbocycles. The van der Waals surface area contributed by atoms with E-state index in [2.05, 4.69) is 28.1 Å². The number of hydrogen-bond acceptors (Lipinski definition) is 0. The largest absolute Gasteiger partial charge is 0.331 e. The summed E-state index contributed by atoms with van der Waals surface area (Å²) in [5.41, 5.74) is 0. The molecule has 0 fully saturated rings. The number of quaternary nitrogens is 1. The number of rotatable bonds is 18. The Hall–Kier alpha value is -0.0400. The summed E-state index contributed by atoms with van der Waals surface area (Å²) in [5, 5.41) is 0. The van der Waals surface area contributed by atoms with Crippen LogP contribution in [0.4, 0.5) is 0 Å². The summed E-state index contributed by atoms with van der Waals surface area (Å²) in [6.07, 6.45) is 24.9. The van der Waals surface area contributed by atoms with Gasteiger partial charge < -0.3 is 4.48 Å². The topological polar surface area (TPSA) is 0 Å². The highest BCUT2D eigenvalue weighted by atomic mass is 15.3. The van der Waals surface area contributed by atoms with Crippen LogP contribution in [0.5, 0.6) is 0 Å². The molecule has 0 amide bonds. The predicted octanol–water partition coefficient (Wildman–Crippen LogP) is 7.34. The fourth-order valence-electron chi connectivity index (χ4n) is 3.31. The quantitative estimate of drug-likeness (QED) is 0.182. The van der Waals surface area contributed by atoms with Crippen LogP contribution in [0.1, 0.15) is 116 Å². The van der Waals surface area contributed by atoms with Gasteiger partial charge in [0.05, 0.1) is 27.7 Å². The van der Waals surface area contributed by atoms with Crippen LogP contribution in [0.15, 0.2) is 0 Å². The first-order valence-electron chi connectivity index (χ1n) is 10.9. The number of unbranched alkanes of at least 4 members (excludes halogenated alkanes) is 16. The molecule has 0 atom stereocenters. The summed E-state index contributed by atoms with van der Waals surface area (Å²) in [6.45, 7) is 3.63. The third kappa shape index (κ3) is 22.0. The van der Waals surface area contributed by atoms with Crippen molar-refractivity contribution in [3.05, 3.63) is 0 Å². The maximum absolute atomic E-state index is 2.30. The van der Waals surface area contributed by atoms with Crippen LogP contribution < -0.4 is 0 Å². The van der Waals surface area contributed by atoms with E-state index in [9.17, 15) is 0 Å². The summed E-state index contributed by atoms with van der Waals surface area (Å²) in [7, 11) is 6.89. The maximum atomic E-state index is 2.30. The molecule has 140 valence electrons. The normalized spacial score (nSPS) is 12.0. The summed E-state index contributed by atoms with van der Waals surface area (Å²) in [5.74, 6) is 0. The van der Waals surface area contributed by atoms with Crippen molar-refractivity contribution in [3.8, 4) is 0 Å². The Bertz CT molecular complexity index is 217. The maximum Gasteiger partial charge on any atom is 0.0780 e. The van der Waals surface area contributed by atoms with Crippen LogP contribution in [-0.4, -0.2) is 32.2 Å². The van der Waals surface area contributed by atoms with E-state index in [-0.39, 0.29) is 0 Å². The molecule has 0 spiro atoms. The molecule has 0 aliphatic heterocycles. The van der Waals surface area contributed by atoms with Crippen molar-refractivity contribution in [2.24, 2.45) is 0 Å². The Morgan fingerprint density at radius 2 is 0.652 bits per heavy atom. The lowest BCUT2D eigenvalue weighted by molar-refractivity contribution is -0.870. The molecule has 0 bridgehead atoms. The van der Waals surface area contributed by atoms with E-state index >= 15 is 0 Å². The van der Waals surface area contributed by atoms with Crippen molar-refractivity contribution in [1.29, 1.82) is 0 Å². The van der Waals surface area contributed by atoms with Crippen LogP contribution >= 0.6 is 0 Å². The van der Waals surface area contributed by atoms with Gasteiger partial charge in [-0.3, -0.25) is 0 Å². The minimum Gasteiger partial charge on any atom is -0.331 e. The molecule has 0 N–H and O–H groups in total. The van der Waals surface area contributed by atoms with Gasteiger partial charge in [0, 0.05) is 0 Å². The predicted molar refractivity (Wildman–Crippen MR) is 107 cm³/mol. The summed E-state index contributed by atoms with van der Waals surface area (Å²) >= 11 is 0. The van der Waals surface area contributed by atoms with Crippen LogP contribution in [-0.2, 0) is 0 Å². The Kier molecular flexibility index (Phi) is 16.8. The average molecular weight is 327 g/mol. The fourth-order valence-corrected chi connectivity index (χ4v) is 3.31. The first-order chi connectivity index (χ1) is 11.1. The zero-order valence-corrected chi connectivity index (χ0v) is 17.2. The number of hydrogen-bond donors (Lipinski definition) is 0. The molecule has 23 heavy (non-hydrogen) atoms. The number of nitrogens with zero attached hydrogens (tertiary/aromatic N) is 1. The van der Waals surface area contributed by atoms with Crippen molar-refractivity contribution in [1.82, 2.24) is 0 Å². The molecule has 1 nitrogen and oxygen atoms in total. The zero-order chi connectivity index (χ0) is 17.2.